The fourth-order valence-corrected chi connectivity index (χ4v) is 3.57. The number of aromatic nitrogens is 7. The van der Waals surface area contributed by atoms with Crippen molar-refractivity contribution >= 4 is 5.97 Å². The molecule has 0 aliphatic carbocycles. The van der Waals surface area contributed by atoms with Gasteiger partial charge in [-0.05, 0) is 33.5 Å². The van der Waals surface area contributed by atoms with Crippen molar-refractivity contribution in [2.75, 3.05) is 0 Å². The standard InChI is InChI=1S/C23H25N7O2/c1-2-3-8-21-24-20(13-14-22(31)32)27-30(21)15-16-9-11-17(12-10-16)18-6-4-5-7-19(18)23-25-28-29-26-23/h4-7,9-12H,2-3,8,13-15H2,1H3,(H,31,32)(H,25,26,28,29). The van der Waals surface area contributed by atoms with Gasteiger partial charge in [0.05, 0.1) is 13.0 Å². The second kappa shape index (κ2) is 9.95. The lowest BCUT2D eigenvalue weighted by Crippen LogP contribution is -2.07. The zero-order chi connectivity index (χ0) is 22.3. The molecule has 0 amide bonds. The van der Waals surface area contributed by atoms with Gasteiger partial charge in [-0.15, -0.1) is 5.10 Å². The van der Waals surface area contributed by atoms with Gasteiger partial charge in [-0.2, -0.15) is 5.10 Å². The lowest BCUT2D eigenvalue weighted by molar-refractivity contribution is -0.137. The Kier molecular flexibility index (Phi) is 6.64. The Morgan fingerprint density at radius 3 is 2.53 bits per heavy atom. The quantitative estimate of drug-likeness (QED) is 0.394. The summed E-state index contributed by atoms with van der Waals surface area (Å²) in [7, 11) is 0. The van der Waals surface area contributed by atoms with Gasteiger partial charge in [0.25, 0.3) is 0 Å². The van der Waals surface area contributed by atoms with Crippen molar-refractivity contribution in [2.24, 2.45) is 0 Å². The van der Waals surface area contributed by atoms with Crippen LogP contribution in [0.15, 0.2) is 48.5 Å². The summed E-state index contributed by atoms with van der Waals surface area (Å²) in [6.07, 6.45) is 3.28. The molecule has 32 heavy (non-hydrogen) atoms. The van der Waals surface area contributed by atoms with Crippen LogP contribution in [-0.2, 0) is 24.2 Å². The van der Waals surface area contributed by atoms with Gasteiger partial charge in [-0.25, -0.2) is 14.8 Å². The highest BCUT2D eigenvalue weighted by molar-refractivity contribution is 5.80. The average molecular weight is 432 g/mol. The van der Waals surface area contributed by atoms with E-state index in [4.69, 9.17) is 5.11 Å². The van der Waals surface area contributed by atoms with Crippen LogP contribution < -0.4 is 0 Å². The molecule has 4 rings (SSSR count). The summed E-state index contributed by atoms with van der Waals surface area (Å²) in [4.78, 5) is 15.5. The van der Waals surface area contributed by atoms with Gasteiger partial charge in [0, 0.05) is 18.4 Å². The highest BCUT2D eigenvalue weighted by Gasteiger charge is 2.13. The van der Waals surface area contributed by atoms with E-state index in [9.17, 15) is 4.79 Å². The fourth-order valence-electron chi connectivity index (χ4n) is 3.57. The maximum absolute atomic E-state index is 10.9. The third-order valence-corrected chi connectivity index (χ3v) is 5.23. The molecule has 2 heterocycles. The predicted molar refractivity (Wildman–Crippen MR) is 119 cm³/mol. The van der Waals surface area contributed by atoms with Crippen LogP contribution in [-0.4, -0.2) is 46.5 Å². The van der Waals surface area contributed by atoms with Crippen molar-refractivity contribution in [3.63, 3.8) is 0 Å². The molecule has 2 N–H and O–H groups in total. The molecule has 0 fully saturated rings. The number of H-pyrrole nitrogens is 1. The van der Waals surface area contributed by atoms with Crippen LogP contribution in [0.25, 0.3) is 22.5 Å². The number of rotatable bonds is 10. The first-order valence-corrected chi connectivity index (χ1v) is 10.7. The molecule has 2 aromatic heterocycles. The number of aromatic amines is 1. The van der Waals surface area contributed by atoms with Gasteiger partial charge in [0.2, 0.25) is 0 Å². The second-order valence-corrected chi connectivity index (χ2v) is 7.59. The SMILES string of the molecule is CCCCc1nc(CCC(=O)O)nn1Cc1ccc(-c2ccccc2-c2nnn[nH]2)cc1. The van der Waals surface area contributed by atoms with E-state index in [2.05, 4.69) is 61.9 Å². The van der Waals surface area contributed by atoms with E-state index in [1.165, 1.54) is 0 Å². The fraction of sp³-hybridized carbons (Fsp3) is 0.304. The molecule has 4 aromatic rings. The summed E-state index contributed by atoms with van der Waals surface area (Å²) in [5, 5.41) is 27.7. The molecule has 0 radical (unpaired) electrons. The number of unbranched alkanes of at least 4 members (excludes halogenated alkanes) is 1. The van der Waals surface area contributed by atoms with E-state index >= 15 is 0 Å². The topological polar surface area (TPSA) is 122 Å². The third kappa shape index (κ3) is 5.05. The number of tetrazole rings is 1. The number of carboxylic acid groups (broad SMARTS) is 1. The zero-order valence-electron chi connectivity index (χ0n) is 17.9. The Morgan fingerprint density at radius 1 is 1.06 bits per heavy atom. The molecular weight excluding hydrogens is 406 g/mol. The molecule has 0 saturated heterocycles. The first-order valence-electron chi connectivity index (χ1n) is 10.7. The van der Waals surface area contributed by atoms with Crippen LogP contribution >= 0.6 is 0 Å². The molecule has 0 saturated carbocycles. The number of benzene rings is 2. The van der Waals surface area contributed by atoms with Crippen LogP contribution in [0.2, 0.25) is 0 Å². The number of aliphatic carboxylic acids is 1. The van der Waals surface area contributed by atoms with Crippen molar-refractivity contribution < 1.29 is 9.90 Å². The van der Waals surface area contributed by atoms with Crippen molar-refractivity contribution in [3.8, 4) is 22.5 Å². The first kappa shape index (κ1) is 21.4. The van der Waals surface area contributed by atoms with E-state index in [1.54, 1.807) is 0 Å². The van der Waals surface area contributed by atoms with Gasteiger partial charge < -0.3 is 5.11 Å². The molecule has 0 aliphatic rings. The minimum Gasteiger partial charge on any atom is -0.481 e. The highest BCUT2D eigenvalue weighted by atomic mass is 16.4. The summed E-state index contributed by atoms with van der Waals surface area (Å²) in [5.74, 6) is 1.28. The van der Waals surface area contributed by atoms with Gasteiger partial charge >= 0.3 is 5.97 Å². The largest absolute Gasteiger partial charge is 0.481 e. The van der Waals surface area contributed by atoms with Crippen LogP contribution in [0.5, 0.6) is 0 Å². The Balaban J connectivity index is 1.55. The van der Waals surface area contributed by atoms with Crippen molar-refractivity contribution in [1.29, 1.82) is 0 Å². The first-order chi connectivity index (χ1) is 15.6. The molecule has 0 atom stereocenters. The number of aryl methyl sites for hydroxylation is 2. The molecule has 9 nitrogen and oxygen atoms in total. The Bertz CT molecular complexity index is 1170. The Morgan fingerprint density at radius 2 is 1.84 bits per heavy atom. The van der Waals surface area contributed by atoms with Crippen molar-refractivity contribution in [3.05, 3.63) is 65.7 Å². The molecule has 0 unspecified atom stereocenters. The normalized spacial score (nSPS) is 11.0. The monoisotopic (exact) mass is 431 g/mol. The average Bonchev–Trinajstić information content (AvgIpc) is 3.47. The van der Waals surface area contributed by atoms with E-state index in [1.807, 2.05) is 28.9 Å². The summed E-state index contributed by atoms with van der Waals surface area (Å²) in [6, 6.07) is 16.3. The summed E-state index contributed by atoms with van der Waals surface area (Å²) < 4.78 is 1.90. The minimum absolute atomic E-state index is 0.0338. The maximum Gasteiger partial charge on any atom is 0.303 e. The van der Waals surface area contributed by atoms with E-state index in [0.29, 0.717) is 24.6 Å². The van der Waals surface area contributed by atoms with Crippen molar-refractivity contribution in [1.82, 2.24) is 35.4 Å². The predicted octanol–water partition coefficient (Wildman–Crippen LogP) is 3.53. The third-order valence-electron chi connectivity index (χ3n) is 5.23. The van der Waals surface area contributed by atoms with Gasteiger partial charge in [0.15, 0.2) is 11.6 Å². The molecule has 0 aliphatic heterocycles. The molecule has 0 spiro atoms. The molecule has 164 valence electrons. The molecular formula is C23H25N7O2. The number of hydrogen-bond donors (Lipinski definition) is 2. The number of carbonyl (C=O) groups is 1. The van der Waals surface area contributed by atoms with E-state index in [0.717, 1.165) is 47.3 Å². The van der Waals surface area contributed by atoms with Crippen LogP contribution in [0.4, 0.5) is 0 Å². The van der Waals surface area contributed by atoms with E-state index in [-0.39, 0.29) is 6.42 Å². The maximum atomic E-state index is 10.9. The summed E-state index contributed by atoms with van der Waals surface area (Å²) in [6.45, 7) is 2.73. The number of hydrogen-bond acceptors (Lipinski definition) is 6. The summed E-state index contributed by atoms with van der Waals surface area (Å²) >= 11 is 0. The number of nitrogens with zero attached hydrogens (tertiary/aromatic N) is 6. The van der Waals surface area contributed by atoms with Crippen LogP contribution in [0.1, 0.15) is 43.4 Å². The van der Waals surface area contributed by atoms with Gasteiger partial charge in [-0.3, -0.25) is 4.79 Å². The lowest BCUT2D eigenvalue weighted by Gasteiger charge is -2.09. The Labute approximate surface area is 185 Å². The molecule has 0 bridgehead atoms. The highest BCUT2D eigenvalue weighted by Crippen LogP contribution is 2.29. The number of carboxylic acids is 1. The Hall–Kier alpha value is -3.88. The lowest BCUT2D eigenvalue weighted by atomic mass is 9.98. The minimum atomic E-state index is -0.839. The second-order valence-electron chi connectivity index (χ2n) is 7.59. The summed E-state index contributed by atoms with van der Waals surface area (Å²) in [5.41, 5.74) is 4.14. The van der Waals surface area contributed by atoms with Crippen LogP contribution in [0, 0.1) is 0 Å². The van der Waals surface area contributed by atoms with Gasteiger partial charge in [0.1, 0.15) is 5.82 Å². The van der Waals surface area contributed by atoms with Crippen molar-refractivity contribution in [2.45, 2.75) is 45.6 Å². The van der Waals surface area contributed by atoms with E-state index < -0.39 is 5.97 Å². The van der Waals surface area contributed by atoms with Crippen LogP contribution in [0.3, 0.4) is 0 Å². The molecule has 9 heteroatoms. The number of nitrogens with one attached hydrogen (secondary N) is 1. The smallest absolute Gasteiger partial charge is 0.303 e. The zero-order valence-corrected chi connectivity index (χ0v) is 17.9. The molecule has 2 aromatic carbocycles. The van der Waals surface area contributed by atoms with Gasteiger partial charge in [-0.1, -0.05) is 61.9 Å².